The average molecular weight is 252 g/mol. The molecule has 0 radical (unpaired) electrons. The van der Waals surface area contributed by atoms with Crippen LogP contribution in [0.3, 0.4) is 0 Å². The summed E-state index contributed by atoms with van der Waals surface area (Å²) in [4.78, 5) is 6.81. The molecule has 1 aromatic rings. The summed E-state index contributed by atoms with van der Waals surface area (Å²) in [5.74, 6) is 0.833. The minimum atomic E-state index is 0.0729. The van der Waals surface area contributed by atoms with Crippen LogP contribution in [0.1, 0.15) is 19.4 Å². The summed E-state index contributed by atoms with van der Waals surface area (Å²) >= 11 is 4.87. The zero-order chi connectivity index (χ0) is 13.1. The molecule has 0 atom stereocenters. The summed E-state index contributed by atoms with van der Waals surface area (Å²) in [6, 6.07) is 3.76. The van der Waals surface area contributed by atoms with Gasteiger partial charge in [0.15, 0.2) is 0 Å². The van der Waals surface area contributed by atoms with Crippen LogP contribution in [0.15, 0.2) is 18.3 Å². The van der Waals surface area contributed by atoms with E-state index in [1.54, 1.807) is 6.20 Å². The van der Waals surface area contributed by atoms with Crippen LogP contribution in [0, 0.1) is 0 Å². The number of hydrogen-bond acceptors (Lipinski definition) is 4. The molecular formula is C12H20N4S. The maximum atomic E-state index is 5.51. The minimum absolute atomic E-state index is 0.0729. The third kappa shape index (κ3) is 3.94. The van der Waals surface area contributed by atoms with Gasteiger partial charge in [-0.3, -0.25) is 0 Å². The van der Waals surface area contributed by atoms with Crippen molar-refractivity contribution < 1.29 is 0 Å². The highest BCUT2D eigenvalue weighted by atomic mass is 32.1. The Bertz CT molecular complexity index is 384. The molecule has 3 N–H and O–H groups in total. The molecule has 0 amide bonds. The van der Waals surface area contributed by atoms with Gasteiger partial charge in [0.25, 0.3) is 0 Å². The van der Waals surface area contributed by atoms with Crippen molar-refractivity contribution in [2.45, 2.75) is 19.4 Å². The molecule has 0 aromatic carbocycles. The summed E-state index contributed by atoms with van der Waals surface area (Å²) in [6.07, 6.45) is 1.69. The van der Waals surface area contributed by atoms with Crippen molar-refractivity contribution in [2.24, 2.45) is 5.73 Å². The van der Waals surface area contributed by atoms with Crippen LogP contribution in [0.5, 0.6) is 0 Å². The van der Waals surface area contributed by atoms with Gasteiger partial charge in [0.2, 0.25) is 0 Å². The van der Waals surface area contributed by atoms with Crippen LogP contribution in [0.4, 0.5) is 5.82 Å². The molecule has 0 aliphatic rings. The molecule has 1 aromatic heterocycles. The highest BCUT2D eigenvalue weighted by Gasteiger charge is 2.19. The Morgan fingerprint density at radius 1 is 1.47 bits per heavy atom. The summed E-state index contributed by atoms with van der Waals surface area (Å²) in [7, 11) is 4.12. The van der Waals surface area contributed by atoms with Gasteiger partial charge in [0, 0.05) is 23.8 Å². The smallest absolute Gasteiger partial charge is 0.125 e. The molecule has 0 saturated carbocycles. The van der Waals surface area contributed by atoms with Crippen LogP contribution < -0.4 is 11.1 Å². The predicted molar refractivity (Wildman–Crippen MR) is 76.4 cm³/mol. The third-order valence-electron chi connectivity index (χ3n) is 2.96. The number of nitrogens with one attached hydrogen (secondary N) is 1. The van der Waals surface area contributed by atoms with Gasteiger partial charge in [-0.1, -0.05) is 12.2 Å². The van der Waals surface area contributed by atoms with Crippen LogP contribution >= 0.6 is 12.2 Å². The topological polar surface area (TPSA) is 54.2 Å². The maximum Gasteiger partial charge on any atom is 0.125 e. The quantitative estimate of drug-likeness (QED) is 0.777. The lowest BCUT2D eigenvalue weighted by Gasteiger charge is -2.32. The molecule has 17 heavy (non-hydrogen) atoms. The zero-order valence-corrected chi connectivity index (χ0v) is 11.6. The molecule has 0 fully saturated rings. The zero-order valence-electron chi connectivity index (χ0n) is 10.8. The number of pyridine rings is 1. The van der Waals surface area contributed by atoms with E-state index in [1.165, 1.54) is 0 Å². The van der Waals surface area contributed by atoms with Gasteiger partial charge >= 0.3 is 0 Å². The largest absolute Gasteiger partial charge is 0.389 e. The molecule has 0 aliphatic heterocycles. The van der Waals surface area contributed by atoms with Crippen LogP contribution in [-0.4, -0.2) is 41.1 Å². The Labute approximate surface area is 108 Å². The number of aromatic nitrogens is 1. The Morgan fingerprint density at radius 3 is 2.53 bits per heavy atom. The normalized spacial score (nSPS) is 11.6. The lowest BCUT2D eigenvalue weighted by molar-refractivity contribution is 0.210. The number of nitrogens with two attached hydrogens (primary N) is 1. The van der Waals surface area contributed by atoms with Crippen LogP contribution in [0.25, 0.3) is 0 Å². The first kappa shape index (κ1) is 13.9. The van der Waals surface area contributed by atoms with Gasteiger partial charge < -0.3 is 16.0 Å². The number of rotatable bonds is 5. The first-order valence-electron chi connectivity index (χ1n) is 5.50. The number of hydrogen-bond donors (Lipinski definition) is 2. The summed E-state index contributed by atoms with van der Waals surface area (Å²) < 4.78 is 0. The van der Waals surface area contributed by atoms with E-state index in [2.05, 4.69) is 43.1 Å². The van der Waals surface area contributed by atoms with Gasteiger partial charge in [0.05, 0.1) is 0 Å². The van der Waals surface area contributed by atoms with E-state index in [-0.39, 0.29) is 5.54 Å². The van der Waals surface area contributed by atoms with Gasteiger partial charge in [-0.05, 0) is 40.1 Å². The molecule has 0 spiro atoms. The highest BCUT2D eigenvalue weighted by molar-refractivity contribution is 7.80. The second-order valence-electron chi connectivity index (χ2n) is 4.86. The molecule has 0 saturated heterocycles. The molecule has 5 heteroatoms. The van der Waals surface area contributed by atoms with Crippen molar-refractivity contribution in [1.82, 2.24) is 9.88 Å². The van der Waals surface area contributed by atoms with Gasteiger partial charge in [-0.15, -0.1) is 0 Å². The summed E-state index contributed by atoms with van der Waals surface area (Å²) in [5, 5.41) is 3.30. The molecule has 4 nitrogen and oxygen atoms in total. The summed E-state index contributed by atoms with van der Waals surface area (Å²) in [5.41, 5.74) is 6.37. The Morgan fingerprint density at radius 2 is 2.12 bits per heavy atom. The molecule has 0 unspecified atom stereocenters. The lowest BCUT2D eigenvalue weighted by Crippen LogP contribution is -2.44. The number of likely N-dealkylation sites (N-methyl/N-ethyl adjacent to an activating group) is 1. The van der Waals surface area contributed by atoms with Crippen molar-refractivity contribution in [3.8, 4) is 0 Å². The Kier molecular flexibility index (Phi) is 4.42. The summed E-state index contributed by atoms with van der Waals surface area (Å²) in [6.45, 7) is 5.16. The average Bonchev–Trinajstić information content (AvgIpc) is 2.27. The van der Waals surface area contributed by atoms with Crippen molar-refractivity contribution in [1.29, 1.82) is 0 Å². The fraction of sp³-hybridized carbons (Fsp3) is 0.500. The van der Waals surface area contributed by atoms with E-state index in [9.17, 15) is 0 Å². The van der Waals surface area contributed by atoms with Crippen molar-refractivity contribution in [2.75, 3.05) is 26.0 Å². The molecule has 1 heterocycles. The van der Waals surface area contributed by atoms with Crippen LogP contribution in [-0.2, 0) is 0 Å². The van der Waals surface area contributed by atoms with Crippen molar-refractivity contribution in [3.05, 3.63) is 23.9 Å². The first-order valence-corrected chi connectivity index (χ1v) is 5.91. The SMILES string of the molecule is CN(C)C(C)(C)CNc1ccc(C(N)=S)cn1. The fourth-order valence-corrected chi connectivity index (χ4v) is 1.23. The van der Waals surface area contributed by atoms with E-state index >= 15 is 0 Å². The number of thiocarbonyl (C=S) groups is 1. The van der Waals surface area contributed by atoms with Crippen LogP contribution in [0.2, 0.25) is 0 Å². The fourth-order valence-electron chi connectivity index (χ4n) is 1.11. The lowest BCUT2D eigenvalue weighted by atomic mass is 10.0. The Hall–Kier alpha value is -1.20. The second-order valence-corrected chi connectivity index (χ2v) is 5.30. The first-order chi connectivity index (χ1) is 7.83. The van der Waals surface area contributed by atoms with E-state index in [1.807, 2.05) is 12.1 Å². The standard InChI is InChI=1S/C12H20N4S/c1-12(2,16(3)4)8-15-10-6-5-9(7-14-10)11(13)17/h5-7H,8H2,1-4H3,(H2,13,17)(H,14,15). The van der Waals surface area contributed by atoms with E-state index in [0.717, 1.165) is 17.9 Å². The maximum absolute atomic E-state index is 5.51. The molecule has 0 aliphatic carbocycles. The van der Waals surface area contributed by atoms with Crippen molar-refractivity contribution >= 4 is 23.0 Å². The van der Waals surface area contributed by atoms with E-state index in [0.29, 0.717) is 4.99 Å². The third-order valence-corrected chi connectivity index (χ3v) is 3.20. The van der Waals surface area contributed by atoms with E-state index in [4.69, 9.17) is 18.0 Å². The molecule has 1 rings (SSSR count). The predicted octanol–water partition coefficient (Wildman–Crippen LogP) is 1.47. The molecular weight excluding hydrogens is 232 g/mol. The Balaban J connectivity index is 2.62. The van der Waals surface area contributed by atoms with Crippen molar-refractivity contribution in [3.63, 3.8) is 0 Å². The highest BCUT2D eigenvalue weighted by Crippen LogP contribution is 2.12. The molecule has 94 valence electrons. The second kappa shape index (κ2) is 5.42. The van der Waals surface area contributed by atoms with Gasteiger partial charge in [0.1, 0.15) is 10.8 Å². The van der Waals surface area contributed by atoms with E-state index < -0.39 is 0 Å². The van der Waals surface area contributed by atoms with Gasteiger partial charge in [-0.25, -0.2) is 4.98 Å². The minimum Gasteiger partial charge on any atom is -0.389 e. The monoisotopic (exact) mass is 252 g/mol. The van der Waals surface area contributed by atoms with Gasteiger partial charge in [-0.2, -0.15) is 0 Å². The number of anilines is 1. The molecule has 0 bridgehead atoms. The number of nitrogens with zero attached hydrogens (tertiary/aromatic N) is 2.